The van der Waals surface area contributed by atoms with Crippen LogP contribution in [0.3, 0.4) is 0 Å². The van der Waals surface area contributed by atoms with Crippen molar-refractivity contribution in [2.45, 2.75) is 31.8 Å². The fourth-order valence-electron chi connectivity index (χ4n) is 2.28. The third-order valence-electron chi connectivity index (χ3n) is 3.19. The average molecular weight is 223 g/mol. The molecule has 1 aromatic rings. The molecule has 1 aliphatic rings. The van der Waals surface area contributed by atoms with Gasteiger partial charge in [-0.05, 0) is 19.4 Å². The summed E-state index contributed by atoms with van der Waals surface area (Å²) in [6, 6.07) is 0.187. The number of aryl methyl sites for hydroxylation is 1. The Bertz CT molecular complexity index is 375. The van der Waals surface area contributed by atoms with Gasteiger partial charge in [0.25, 0.3) is 0 Å². The maximum Gasteiger partial charge on any atom is 0.304 e. The number of imidazole rings is 1. The lowest BCUT2D eigenvalue weighted by molar-refractivity contribution is -0.138. The van der Waals surface area contributed by atoms with E-state index in [1.165, 1.54) is 0 Å². The second-order valence-corrected chi connectivity index (χ2v) is 4.36. The van der Waals surface area contributed by atoms with Crippen LogP contribution in [0.1, 0.15) is 25.0 Å². The van der Waals surface area contributed by atoms with Gasteiger partial charge in [0.05, 0.1) is 18.4 Å². The molecule has 0 saturated carbocycles. The highest BCUT2D eigenvalue weighted by Crippen LogP contribution is 2.22. The first-order valence-corrected chi connectivity index (χ1v) is 5.58. The molecule has 2 rings (SSSR count). The minimum Gasteiger partial charge on any atom is -0.481 e. The van der Waals surface area contributed by atoms with Crippen LogP contribution in [-0.2, 0) is 18.4 Å². The zero-order valence-electron chi connectivity index (χ0n) is 9.46. The summed E-state index contributed by atoms with van der Waals surface area (Å²) in [5.74, 6) is -0.707. The first kappa shape index (κ1) is 11.1. The third-order valence-corrected chi connectivity index (χ3v) is 3.19. The van der Waals surface area contributed by atoms with Crippen molar-refractivity contribution in [1.82, 2.24) is 14.5 Å². The SMILES string of the molecule is Cn1cncc1CN1CCCC1CC(=O)O. The lowest BCUT2D eigenvalue weighted by Gasteiger charge is -2.22. The Morgan fingerprint density at radius 3 is 3.12 bits per heavy atom. The number of carboxylic acids is 1. The molecule has 1 fully saturated rings. The second kappa shape index (κ2) is 4.65. The van der Waals surface area contributed by atoms with Gasteiger partial charge in [0.1, 0.15) is 0 Å². The molecule has 1 aliphatic heterocycles. The van der Waals surface area contributed by atoms with Crippen LogP contribution < -0.4 is 0 Å². The maximum absolute atomic E-state index is 10.7. The van der Waals surface area contributed by atoms with Gasteiger partial charge in [-0.3, -0.25) is 9.69 Å². The molecule has 0 aliphatic carbocycles. The summed E-state index contributed by atoms with van der Waals surface area (Å²) in [4.78, 5) is 17.0. The molecule has 0 aromatic carbocycles. The Hall–Kier alpha value is -1.36. The van der Waals surface area contributed by atoms with Crippen LogP contribution in [0, 0.1) is 0 Å². The Morgan fingerprint density at radius 1 is 1.69 bits per heavy atom. The zero-order valence-corrected chi connectivity index (χ0v) is 9.46. The van der Waals surface area contributed by atoms with E-state index in [-0.39, 0.29) is 12.5 Å². The molecule has 0 amide bonds. The standard InChI is InChI=1S/C11H17N3O2/c1-13-8-12-6-10(13)7-14-4-2-3-9(14)5-11(15)16/h6,8-9H,2-5,7H2,1H3,(H,15,16). The Morgan fingerprint density at radius 2 is 2.50 bits per heavy atom. The lowest BCUT2D eigenvalue weighted by atomic mass is 10.1. The summed E-state index contributed by atoms with van der Waals surface area (Å²) in [6.07, 6.45) is 5.95. The van der Waals surface area contributed by atoms with Crippen molar-refractivity contribution in [3.63, 3.8) is 0 Å². The number of likely N-dealkylation sites (tertiary alicyclic amines) is 1. The molecule has 0 spiro atoms. The van der Waals surface area contributed by atoms with Gasteiger partial charge in [-0.15, -0.1) is 0 Å². The normalized spacial score (nSPS) is 21.4. The number of carbonyl (C=O) groups is 1. The molecule has 5 heteroatoms. The first-order chi connectivity index (χ1) is 7.66. The van der Waals surface area contributed by atoms with E-state index >= 15 is 0 Å². The summed E-state index contributed by atoms with van der Waals surface area (Å²) < 4.78 is 1.98. The number of hydrogen-bond acceptors (Lipinski definition) is 3. The van der Waals surface area contributed by atoms with Crippen LogP contribution in [0.4, 0.5) is 0 Å². The molecular weight excluding hydrogens is 206 g/mol. The van der Waals surface area contributed by atoms with Crippen molar-refractivity contribution in [1.29, 1.82) is 0 Å². The lowest BCUT2D eigenvalue weighted by Crippen LogP contribution is -2.31. The van der Waals surface area contributed by atoms with Crippen molar-refractivity contribution < 1.29 is 9.90 Å². The Balaban J connectivity index is 1.98. The number of nitrogens with zero attached hydrogens (tertiary/aromatic N) is 3. The van der Waals surface area contributed by atoms with E-state index < -0.39 is 5.97 Å². The van der Waals surface area contributed by atoms with Crippen LogP contribution >= 0.6 is 0 Å². The molecule has 1 unspecified atom stereocenters. The number of carboxylic acid groups (broad SMARTS) is 1. The number of hydrogen-bond donors (Lipinski definition) is 1. The van der Waals surface area contributed by atoms with Gasteiger partial charge in [0.2, 0.25) is 0 Å². The van der Waals surface area contributed by atoms with E-state index in [2.05, 4.69) is 9.88 Å². The minimum absolute atomic E-state index is 0.187. The largest absolute Gasteiger partial charge is 0.481 e. The number of aliphatic carboxylic acids is 1. The molecule has 2 heterocycles. The fourth-order valence-corrected chi connectivity index (χ4v) is 2.28. The fraction of sp³-hybridized carbons (Fsp3) is 0.636. The van der Waals surface area contributed by atoms with Gasteiger partial charge in [0, 0.05) is 25.8 Å². The van der Waals surface area contributed by atoms with Gasteiger partial charge in [-0.25, -0.2) is 4.98 Å². The topological polar surface area (TPSA) is 58.4 Å². The summed E-state index contributed by atoms with van der Waals surface area (Å²) in [6.45, 7) is 1.79. The third kappa shape index (κ3) is 2.41. The average Bonchev–Trinajstić information content (AvgIpc) is 2.78. The predicted molar refractivity (Wildman–Crippen MR) is 58.9 cm³/mol. The molecule has 0 bridgehead atoms. The van der Waals surface area contributed by atoms with Crippen molar-refractivity contribution in [2.24, 2.45) is 7.05 Å². The zero-order chi connectivity index (χ0) is 11.5. The van der Waals surface area contributed by atoms with E-state index in [1.807, 2.05) is 17.8 Å². The van der Waals surface area contributed by atoms with Gasteiger partial charge in [-0.2, -0.15) is 0 Å². The van der Waals surface area contributed by atoms with Crippen LogP contribution in [0.15, 0.2) is 12.5 Å². The van der Waals surface area contributed by atoms with E-state index in [9.17, 15) is 4.79 Å². The van der Waals surface area contributed by atoms with Gasteiger partial charge >= 0.3 is 5.97 Å². The smallest absolute Gasteiger partial charge is 0.304 e. The number of aromatic nitrogens is 2. The first-order valence-electron chi connectivity index (χ1n) is 5.58. The molecule has 88 valence electrons. The van der Waals surface area contributed by atoms with Crippen molar-refractivity contribution in [2.75, 3.05) is 6.54 Å². The Labute approximate surface area is 94.7 Å². The van der Waals surface area contributed by atoms with Crippen LogP contribution in [0.5, 0.6) is 0 Å². The van der Waals surface area contributed by atoms with Crippen molar-refractivity contribution in [3.05, 3.63) is 18.2 Å². The number of rotatable bonds is 4. The summed E-state index contributed by atoms with van der Waals surface area (Å²) >= 11 is 0. The second-order valence-electron chi connectivity index (χ2n) is 4.36. The molecule has 1 atom stereocenters. The van der Waals surface area contributed by atoms with Gasteiger partial charge < -0.3 is 9.67 Å². The van der Waals surface area contributed by atoms with E-state index in [0.717, 1.165) is 31.6 Å². The molecule has 16 heavy (non-hydrogen) atoms. The highest BCUT2D eigenvalue weighted by Gasteiger charge is 2.26. The highest BCUT2D eigenvalue weighted by atomic mass is 16.4. The molecule has 1 N–H and O–H groups in total. The Kier molecular flexibility index (Phi) is 3.24. The van der Waals surface area contributed by atoms with Gasteiger partial charge in [-0.1, -0.05) is 0 Å². The van der Waals surface area contributed by atoms with Gasteiger partial charge in [0.15, 0.2) is 0 Å². The van der Waals surface area contributed by atoms with E-state index in [1.54, 1.807) is 6.33 Å². The molecule has 5 nitrogen and oxygen atoms in total. The quantitative estimate of drug-likeness (QED) is 0.822. The summed E-state index contributed by atoms with van der Waals surface area (Å²) in [5, 5.41) is 8.83. The van der Waals surface area contributed by atoms with Crippen LogP contribution in [0.25, 0.3) is 0 Å². The molecule has 1 aromatic heterocycles. The maximum atomic E-state index is 10.7. The van der Waals surface area contributed by atoms with Crippen LogP contribution in [0.2, 0.25) is 0 Å². The predicted octanol–water partition coefficient (Wildman–Crippen LogP) is 0.859. The molecule has 1 saturated heterocycles. The highest BCUT2D eigenvalue weighted by molar-refractivity contribution is 5.67. The molecular formula is C11H17N3O2. The molecule has 0 radical (unpaired) electrons. The van der Waals surface area contributed by atoms with Crippen LogP contribution in [-0.4, -0.2) is 38.1 Å². The summed E-state index contributed by atoms with van der Waals surface area (Å²) in [7, 11) is 1.96. The summed E-state index contributed by atoms with van der Waals surface area (Å²) in [5.41, 5.74) is 1.14. The van der Waals surface area contributed by atoms with E-state index in [0.29, 0.717) is 0 Å². The minimum atomic E-state index is -0.707. The van der Waals surface area contributed by atoms with Crippen molar-refractivity contribution >= 4 is 5.97 Å². The van der Waals surface area contributed by atoms with E-state index in [4.69, 9.17) is 5.11 Å². The monoisotopic (exact) mass is 223 g/mol. The van der Waals surface area contributed by atoms with Crippen molar-refractivity contribution in [3.8, 4) is 0 Å².